The van der Waals surface area contributed by atoms with Crippen molar-refractivity contribution in [2.24, 2.45) is 17.8 Å². The van der Waals surface area contributed by atoms with E-state index < -0.39 is 0 Å². The van der Waals surface area contributed by atoms with E-state index in [0.29, 0.717) is 0 Å². The van der Waals surface area contributed by atoms with Gasteiger partial charge >= 0.3 is 0 Å². The fourth-order valence-corrected chi connectivity index (χ4v) is 2.38. The minimum absolute atomic E-state index is 0. The molecule has 1 amide bonds. The first-order valence-electron chi connectivity index (χ1n) is 7.00. The Morgan fingerprint density at radius 2 is 1.88 bits per heavy atom. The Balaban J connectivity index is 0.00000289. The first kappa shape index (κ1) is 14.5. The van der Waals surface area contributed by atoms with Crippen LogP contribution in [-0.4, -0.2) is 37.0 Å². The molecule has 1 aliphatic rings. The van der Waals surface area contributed by atoms with Crippen LogP contribution >= 0.6 is 0 Å². The summed E-state index contributed by atoms with van der Waals surface area (Å²) in [4.78, 5) is 13.9. The van der Waals surface area contributed by atoms with E-state index in [0.717, 1.165) is 24.9 Å². The Hall–Kier alpha value is -0.570. The second-order valence-corrected chi connectivity index (χ2v) is 5.87. The van der Waals surface area contributed by atoms with Crippen molar-refractivity contribution >= 4 is 5.91 Å². The Labute approximate surface area is 107 Å². The van der Waals surface area contributed by atoms with Crippen molar-refractivity contribution < 1.29 is 6.22 Å². The molecule has 0 saturated carbocycles. The van der Waals surface area contributed by atoms with E-state index in [4.69, 9.17) is 0 Å². The molecule has 0 radical (unpaired) electrons. The van der Waals surface area contributed by atoms with Gasteiger partial charge in [0.1, 0.15) is 0 Å². The summed E-state index contributed by atoms with van der Waals surface area (Å²) in [5.41, 5.74) is 0. The van der Waals surface area contributed by atoms with E-state index in [1.165, 1.54) is 25.9 Å². The van der Waals surface area contributed by atoms with Crippen molar-refractivity contribution in [3.05, 3.63) is 0 Å². The number of hydrogen-bond acceptors (Lipinski definition) is 2. The third-order valence-electron chi connectivity index (χ3n) is 3.83. The summed E-state index contributed by atoms with van der Waals surface area (Å²) >= 11 is 0. The van der Waals surface area contributed by atoms with Crippen LogP contribution in [-0.2, 0) is 4.79 Å². The molecule has 102 valence electrons. The van der Waals surface area contributed by atoms with Gasteiger partial charge in [0.05, 0.1) is 0 Å². The molecule has 0 spiro atoms. The first-order valence-corrected chi connectivity index (χ1v) is 7.00. The highest BCUT2D eigenvalue weighted by Crippen LogP contribution is 2.23. The van der Waals surface area contributed by atoms with Gasteiger partial charge in [-0.1, -0.05) is 27.7 Å². The van der Waals surface area contributed by atoms with Crippen LogP contribution in [0, 0.1) is 17.8 Å². The van der Waals surface area contributed by atoms with Crippen LogP contribution < -0.4 is 5.32 Å². The van der Waals surface area contributed by atoms with Gasteiger partial charge in [-0.15, -0.1) is 0 Å². The topological polar surface area (TPSA) is 32.3 Å². The molecule has 1 fully saturated rings. The lowest BCUT2D eigenvalue weighted by molar-refractivity contribution is -0.124. The number of carbonyl (C=O) groups excluding carboxylic acids is 1. The van der Waals surface area contributed by atoms with Gasteiger partial charge in [-0.3, -0.25) is 4.79 Å². The third kappa shape index (κ3) is 5.07. The molecule has 0 unspecified atom stereocenters. The van der Waals surface area contributed by atoms with Gasteiger partial charge in [0, 0.05) is 20.4 Å². The molecule has 1 heterocycles. The molecule has 0 atom stereocenters. The summed E-state index contributed by atoms with van der Waals surface area (Å²) in [5, 5.41) is 2.98. The zero-order chi connectivity index (χ0) is 12.8. The fourth-order valence-electron chi connectivity index (χ4n) is 2.38. The standard InChI is InChI=1S/C14H28N2O.H2/c1-11(2)13-5-8-16(9-6-13)10-7-15-14(17)12(3)4;/h11-13H,5-10H2,1-4H3,(H,15,17);1H. The molecule has 1 rings (SSSR count). The molecule has 1 aliphatic heterocycles. The Kier molecular flexibility index (Phi) is 5.96. The van der Waals surface area contributed by atoms with E-state index in [-0.39, 0.29) is 13.3 Å². The van der Waals surface area contributed by atoms with Crippen molar-refractivity contribution in [2.75, 3.05) is 26.2 Å². The maximum atomic E-state index is 11.4. The molecular formula is C14H30N2O. The van der Waals surface area contributed by atoms with E-state index in [1.807, 2.05) is 13.8 Å². The molecular weight excluding hydrogens is 212 g/mol. The summed E-state index contributed by atoms with van der Waals surface area (Å²) in [6.45, 7) is 12.7. The van der Waals surface area contributed by atoms with Crippen LogP contribution in [0.15, 0.2) is 0 Å². The monoisotopic (exact) mass is 242 g/mol. The molecule has 17 heavy (non-hydrogen) atoms. The van der Waals surface area contributed by atoms with Crippen LogP contribution in [0.2, 0.25) is 0 Å². The van der Waals surface area contributed by atoms with Gasteiger partial charge < -0.3 is 10.2 Å². The minimum atomic E-state index is 0. The smallest absolute Gasteiger partial charge is 0.222 e. The summed E-state index contributed by atoms with van der Waals surface area (Å²) in [5.74, 6) is 1.98. The van der Waals surface area contributed by atoms with Gasteiger partial charge in [0.15, 0.2) is 0 Å². The number of hydrogen-bond donors (Lipinski definition) is 1. The summed E-state index contributed by atoms with van der Waals surface area (Å²) in [6, 6.07) is 0. The van der Waals surface area contributed by atoms with Crippen LogP contribution in [0.5, 0.6) is 0 Å². The number of amides is 1. The predicted molar refractivity (Wildman–Crippen MR) is 74.0 cm³/mol. The van der Waals surface area contributed by atoms with Crippen LogP contribution in [0.25, 0.3) is 0 Å². The normalized spacial score (nSPS) is 18.9. The summed E-state index contributed by atoms with van der Waals surface area (Å²) < 4.78 is 0. The average molecular weight is 242 g/mol. The molecule has 3 nitrogen and oxygen atoms in total. The maximum Gasteiger partial charge on any atom is 0.222 e. The van der Waals surface area contributed by atoms with Crippen molar-refractivity contribution in [1.29, 1.82) is 0 Å². The molecule has 1 N–H and O–H groups in total. The Morgan fingerprint density at radius 1 is 1.29 bits per heavy atom. The molecule has 0 aromatic carbocycles. The maximum absolute atomic E-state index is 11.4. The molecule has 0 aliphatic carbocycles. The first-order chi connectivity index (χ1) is 8.00. The average Bonchev–Trinajstić information content (AvgIpc) is 2.29. The summed E-state index contributed by atoms with van der Waals surface area (Å²) in [7, 11) is 0. The zero-order valence-electron chi connectivity index (χ0n) is 11.8. The number of nitrogens with zero attached hydrogens (tertiary/aromatic N) is 1. The van der Waals surface area contributed by atoms with Crippen LogP contribution in [0.1, 0.15) is 42.0 Å². The number of rotatable bonds is 5. The fraction of sp³-hybridized carbons (Fsp3) is 0.929. The second kappa shape index (κ2) is 7.00. The van der Waals surface area contributed by atoms with E-state index in [1.54, 1.807) is 0 Å². The third-order valence-corrected chi connectivity index (χ3v) is 3.83. The highest BCUT2D eigenvalue weighted by molar-refractivity contribution is 5.77. The van der Waals surface area contributed by atoms with Crippen molar-refractivity contribution in [1.82, 2.24) is 10.2 Å². The number of nitrogens with one attached hydrogen (secondary N) is 1. The lowest BCUT2D eigenvalue weighted by Gasteiger charge is -2.33. The number of piperidine rings is 1. The van der Waals surface area contributed by atoms with Gasteiger partial charge in [0.25, 0.3) is 0 Å². The largest absolute Gasteiger partial charge is 0.355 e. The van der Waals surface area contributed by atoms with Gasteiger partial charge in [-0.25, -0.2) is 0 Å². The van der Waals surface area contributed by atoms with Crippen molar-refractivity contribution in [3.8, 4) is 0 Å². The second-order valence-electron chi connectivity index (χ2n) is 5.87. The van der Waals surface area contributed by atoms with Crippen LogP contribution in [0.4, 0.5) is 0 Å². The molecule has 3 heteroatoms. The summed E-state index contributed by atoms with van der Waals surface area (Å²) in [6.07, 6.45) is 2.63. The molecule has 1 saturated heterocycles. The van der Waals surface area contributed by atoms with Crippen molar-refractivity contribution in [3.63, 3.8) is 0 Å². The lowest BCUT2D eigenvalue weighted by Crippen LogP contribution is -2.41. The molecule has 0 aromatic rings. The quantitative estimate of drug-likeness (QED) is 0.803. The highest BCUT2D eigenvalue weighted by atomic mass is 16.1. The number of carbonyl (C=O) groups is 1. The molecule has 0 aromatic heterocycles. The van der Waals surface area contributed by atoms with Gasteiger partial charge in [-0.2, -0.15) is 0 Å². The zero-order valence-corrected chi connectivity index (χ0v) is 11.8. The van der Waals surface area contributed by atoms with Crippen LogP contribution in [0.3, 0.4) is 0 Å². The lowest BCUT2D eigenvalue weighted by atomic mass is 9.87. The van der Waals surface area contributed by atoms with E-state index in [9.17, 15) is 4.79 Å². The van der Waals surface area contributed by atoms with Crippen molar-refractivity contribution in [2.45, 2.75) is 40.5 Å². The highest BCUT2D eigenvalue weighted by Gasteiger charge is 2.21. The van der Waals surface area contributed by atoms with Gasteiger partial charge in [0.2, 0.25) is 5.91 Å². The Bertz CT molecular complexity index is 236. The minimum Gasteiger partial charge on any atom is -0.355 e. The van der Waals surface area contributed by atoms with E-state index in [2.05, 4.69) is 24.1 Å². The Morgan fingerprint density at radius 3 is 2.35 bits per heavy atom. The van der Waals surface area contributed by atoms with E-state index >= 15 is 0 Å². The number of likely N-dealkylation sites (tertiary alicyclic amines) is 1. The predicted octanol–water partition coefficient (Wildman–Crippen LogP) is 2.37. The molecule has 0 bridgehead atoms. The SMILES string of the molecule is CC(C)C(=O)NCCN1CCC(C(C)C)CC1.[HH]. The van der Waals surface area contributed by atoms with Gasteiger partial charge in [-0.05, 0) is 37.8 Å².